The molecule has 1 aliphatic heterocycles. The average Bonchev–Trinajstić information content (AvgIpc) is 2.31. The van der Waals surface area contributed by atoms with Crippen molar-refractivity contribution >= 4 is 17.3 Å². The van der Waals surface area contributed by atoms with Crippen LogP contribution in [0.5, 0.6) is 0 Å². The predicted octanol–water partition coefficient (Wildman–Crippen LogP) is 1.37. The smallest absolute Gasteiger partial charge is 0.169 e. The Morgan fingerprint density at radius 3 is 2.91 bits per heavy atom. The summed E-state index contributed by atoms with van der Waals surface area (Å²) >= 11 is 5.08. The fourth-order valence-electron chi connectivity index (χ4n) is 1.37. The summed E-state index contributed by atoms with van der Waals surface area (Å²) in [5, 5.41) is 4.09. The minimum Gasteiger partial charge on any atom is -0.360 e. The predicted molar refractivity (Wildman–Crippen MR) is 51.7 cm³/mol. The van der Waals surface area contributed by atoms with E-state index in [0.717, 1.165) is 11.7 Å². The third-order valence-electron chi connectivity index (χ3n) is 2.25. The lowest BCUT2D eigenvalue weighted by molar-refractivity contribution is 0.382. The summed E-state index contributed by atoms with van der Waals surface area (Å²) < 4.78 is 0. The highest BCUT2D eigenvalue weighted by atomic mass is 32.1. The molecule has 0 radical (unpaired) electrons. The zero-order valence-corrected chi connectivity index (χ0v) is 8.08. The molecule has 0 aromatic heterocycles. The van der Waals surface area contributed by atoms with Gasteiger partial charge < -0.3 is 10.2 Å². The number of rotatable bonds is 3. The molecule has 64 valence electrons. The van der Waals surface area contributed by atoms with E-state index in [2.05, 4.69) is 24.2 Å². The van der Waals surface area contributed by atoms with Crippen LogP contribution in [0.3, 0.4) is 0 Å². The quantitative estimate of drug-likeness (QED) is 0.647. The molecule has 11 heavy (non-hydrogen) atoms. The maximum atomic E-state index is 5.08. The Hall–Kier alpha value is -0.310. The Labute approximate surface area is 74.0 Å². The highest BCUT2D eigenvalue weighted by Crippen LogP contribution is 2.11. The maximum absolute atomic E-state index is 5.08. The highest BCUT2D eigenvalue weighted by Gasteiger charge is 2.22. The fraction of sp³-hybridized carbons (Fsp3) is 0.875. The number of nitrogens with one attached hydrogen (secondary N) is 1. The van der Waals surface area contributed by atoms with Gasteiger partial charge in [-0.2, -0.15) is 0 Å². The van der Waals surface area contributed by atoms with Crippen molar-refractivity contribution in [3.05, 3.63) is 0 Å². The van der Waals surface area contributed by atoms with Crippen LogP contribution in [-0.2, 0) is 0 Å². The van der Waals surface area contributed by atoms with E-state index >= 15 is 0 Å². The van der Waals surface area contributed by atoms with Gasteiger partial charge in [-0.15, -0.1) is 0 Å². The van der Waals surface area contributed by atoms with Gasteiger partial charge in [0.05, 0.1) is 0 Å². The highest BCUT2D eigenvalue weighted by molar-refractivity contribution is 7.80. The summed E-state index contributed by atoms with van der Waals surface area (Å²) in [5.41, 5.74) is 0. The minimum atomic E-state index is 0.641. The van der Waals surface area contributed by atoms with Gasteiger partial charge in [-0.3, -0.25) is 0 Å². The second kappa shape index (κ2) is 3.90. The first kappa shape index (κ1) is 8.78. The van der Waals surface area contributed by atoms with Crippen molar-refractivity contribution in [3.8, 4) is 0 Å². The van der Waals surface area contributed by atoms with Crippen LogP contribution >= 0.6 is 12.2 Å². The molecule has 0 aromatic carbocycles. The molecule has 1 aliphatic rings. The minimum absolute atomic E-state index is 0.641. The summed E-state index contributed by atoms with van der Waals surface area (Å²) in [6, 6.07) is 0.641. The third-order valence-corrected chi connectivity index (χ3v) is 2.68. The molecule has 1 atom stereocenters. The Kier molecular flexibility index (Phi) is 3.12. The normalized spacial score (nSPS) is 24.0. The molecule has 0 aromatic rings. The third kappa shape index (κ3) is 2.06. The van der Waals surface area contributed by atoms with Crippen LogP contribution in [0.1, 0.15) is 26.2 Å². The van der Waals surface area contributed by atoms with Gasteiger partial charge in [0.2, 0.25) is 0 Å². The Morgan fingerprint density at radius 1 is 1.73 bits per heavy atom. The zero-order chi connectivity index (χ0) is 8.27. The van der Waals surface area contributed by atoms with Gasteiger partial charge in [0.15, 0.2) is 5.11 Å². The van der Waals surface area contributed by atoms with E-state index in [1.54, 1.807) is 0 Å². The Bertz CT molecular complexity index is 147. The summed E-state index contributed by atoms with van der Waals surface area (Å²) in [6.45, 7) is 3.26. The SMILES string of the molecule is CCCCC1CNC(=S)N1C. The van der Waals surface area contributed by atoms with Gasteiger partial charge in [-0.1, -0.05) is 19.8 Å². The molecule has 0 aliphatic carbocycles. The summed E-state index contributed by atoms with van der Waals surface area (Å²) in [4.78, 5) is 2.17. The van der Waals surface area contributed by atoms with E-state index in [0.29, 0.717) is 6.04 Å². The van der Waals surface area contributed by atoms with E-state index < -0.39 is 0 Å². The van der Waals surface area contributed by atoms with E-state index in [-0.39, 0.29) is 0 Å². The molecule has 1 heterocycles. The molecule has 0 saturated carbocycles. The molecule has 1 unspecified atom stereocenters. The lowest BCUT2D eigenvalue weighted by Gasteiger charge is -2.18. The van der Waals surface area contributed by atoms with Crippen LogP contribution < -0.4 is 5.32 Å². The summed E-state index contributed by atoms with van der Waals surface area (Å²) in [5.74, 6) is 0. The standard InChI is InChI=1S/C8H16N2S/c1-3-4-5-7-6-9-8(11)10(7)2/h7H,3-6H2,1-2H3,(H,9,11). The number of likely N-dealkylation sites (N-methyl/N-ethyl adjacent to an activating group) is 1. The maximum Gasteiger partial charge on any atom is 0.169 e. The number of nitrogens with zero attached hydrogens (tertiary/aromatic N) is 1. The number of hydrogen-bond donors (Lipinski definition) is 1. The second-order valence-electron chi connectivity index (χ2n) is 3.09. The average molecular weight is 172 g/mol. The molecular formula is C8H16N2S. The molecule has 1 saturated heterocycles. The van der Waals surface area contributed by atoms with E-state index in [9.17, 15) is 0 Å². The molecule has 0 amide bonds. The van der Waals surface area contributed by atoms with Gasteiger partial charge in [0, 0.05) is 19.6 Å². The van der Waals surface area contributed by atoms with Gasteiger partial charge >= 0.3 is 0 Å². The molecule has 1 rings (SSSR count). The molecule has 2 nitrogen and oxygen atoms in total. The van der Waals surface area contributed by atoms with Crippen molar-refractivity contribution in [3.63, 3.8) is 0 Å². The lowest BCUT2D eigenvalue weighted by Crippen LogP contribution is -2.29. The van der Waals surface area contributed by atoms with Gasteiger partial charge in [0.1, 0.15) is 0 Å². The molecule has 0 spiro atoms. The summed E-state index contributed by atoms with van der Waals surface area (Å²) in [7, 11) is 2.07. The number of thiocarbonyl (C=S) groups is 1. The van der Waals surface area contributed by atoms with Crippen molar-refractivity contribution in [2.24, 2.45) is 0 Å². The Balaban J connectivity index is 2.30. The van der Waals surface area contributed by atoms with Crippen molar-refractivity contribution in [1.29, 1.82) is 0 Å². The van der Waals surface area contributed by atoms with Crippen molar-refractivity contribution in [1.82, 2.24) is 10.2 Å². The molecule has 1 fully saturated rings. The lowest BCUT2D eigenvalue weighted by atomic mass is 10.1. The monoisotopic (exact) mass is 172 g/mol. The van der Waals surface area contributed by atoms with Crippen LogP contribution in [0.2, 0.25) is 0 Å². The van der Waals surface area contributed by atoms with Crippen LogP contribution in [0.25, 0.3) is 0 Å². The molecule has 1 N–H and O–H groups in total. The Morgan fingerprint density at radius 2 is 2.45 bits per heavy atom. The van der Waals surface area contributed by atoms with E-state index in [4.69, 9.17) is 12.2 Å². The first-order chi connectivity index (χ1) is 5.25. The first-order valence-electron chi connectivity index (χ1n) is 4.26. The van der Waals surface area contributed by atoms with E-state index in [1.807, 2.05) is 0 Å². The van der Waals surface area contributed by atoms with Crippen LogP contribution in [-0.4, -0.2) is 29.6 Å². The zero-order valence-electron chi connectivity index (χ0n) is 7.26. The fourth-order valence-corrected chi connectivity index (χ4v) is 1.60. The van der Waals surface area contributed by atoms with E-state index in [1.165, 1.54) is 19.3 Å². The van der Waals surface area contributed by atoms with Gasteiger partial charge in [0.25, 0.3) is 0 Å². The van der Waals surface area contributed by atoms with Crippen molar-refractivity contribution in [2.45, 2.75) is 32.2 Å². The number of hydrogen-bond acceptors (Lipinski definition) is 1. The van der Waals surface area contributed by atoms with Crippen molar-refractivity contribution < 1.29 is 0 Å². The van der Waals surface area contributed by atoms with Gasteiger partial charge in [-0.25, -0.2) is 0 Å². The largest absolute Gasteiger partial charge is 0.360 e. The van der Waals surface area contributed by atoms with Gasteiger partial charge in [-0.05, 0) is 18.6 Å². The van der Waals surface area contributed by atoms with Crippen LogP contribution in [0.15, 0.2) is 0 Å². The topological polar surface area (TPSA) is 15.3 Å². The van der Waals surface area contributed by atoms with Crippen LogP contribution in [0, 0.1) is 0 Å². The number of unbranched alkanes of at least 4 members (excludes halogenated alkanes) is 1. The second-order valence-corrected chi connectivity index (χ2v) is 3.48. The molecular weight excluding hydrogens is 156 g/mol. The summed E-state index contributed by atoms with van der Waals surface area (Å²) in [6.07, 6.45) is 3.84. The molecule has 3 heteroatoms. The van der Waals surface area contributed by atoms with Crippen LogP contribution in [0.4, 0.5) is 0 Å². The first-order valence-corrected chi connectivity index (χ1v) is 4.67. The van der Waals surface area contributed by atoms with Crippen molar-refractivity contribution in [2.75, 3.05) is 13.6 Å². The molecule has 0 bridgehead atoms.